The number of carbonyl (C=O) groups excluding carboxylic acids is 2. The molecule has 4 rings (SSSR count). The molecule has 2 N–H and O–H groups in total. The molecule has 0 spiro atoms. The van der Waals surface area contributed by atoms with Gasteiger partial charge in [-0.15, -0.1) is 0 Å². The maximum atomic E-state index is 14.1. The highest BCUT2D eigenvalue weighted by Gasteiger charge is 2.40. The van der Waals surface area contributed by atoms with Crippen LogP contribution in [0.25, 0.3) is 0 Å². The van der Waals surface area contributed by atoms with Crippen LogP contribution < -0.4 is 19.7 Å². The molecule has 0 unspecified atom stereocenters. The lowest BCUT2D eigenvalue weighted by Crippen LogP contribution is -2.48. The maximum Gasteiger partial charge on any atom is 0.412 e. The molecule has 1 saturated carbocycles. The van der Waals surface area contributed by atoms with Gasteiger partial charge in [0, 0.05) is 31.3 Å². The molecule has 1 aliphatic carbocycles. The number of rotatable bonds is 7. The van der Waals surface area contributed by atoms with Gasteiger partial charge in [0.2, 0.25) is 5.91 Å². The van der Waals surface area contributed by atoms with E-state index in [0.29, 0.717) is 23.7 Å². The van der Waals surface area contributed by atoms with Crippen LogP contribution in [-0.4, -0.2) is 55.0 Å². The standard InChI is InChI=1S/C24H33N5O6S/c1-6-28-14-21(22(27-28)16-7-8-16)36(32,33)29-13-18(12-25-15(2)30)34-20-10-9-17(11-19(20)29)26-23(31)35-24(3,4)5/h9-11,14,16,18H,6-8,12-13H2,1-5H3,(H,25,30)(H,26,31)/t18-/m0/s1. The van der Waals surface area contributed by atoms with Gasteiger partial charge in [0.05, 0.1) is 24.5 Å². The average Bonchev–Trinajstić information content (AvgIpc) is 3.53. The molecule has 1 aromatic heterocycles. The van der Waals surface area contributed by atoms with Crippen molar-refractivity contribution in [2.24, 2.45) is 0 Å². The summed E-state index contributed by atoms with van der Waals surface area (Å²) in [6.45, 7) is 9.22. The van der Waals surface area contributed by atoms with Crippen molar-refractivity contribution in [3.8, 4) is 5.75 Å². The zero-order valence-electron chi connectivity index (χ0n) is 21.2. The van der Waals surface area contributed by atoms with Gasteiger partial charge >= 0.3 is 6.09 Å². The molecule has 11 nitrogen and oxygen atoms in total. The zero-order chi connectivity index (χ0) is 26.3. The van der Waals surface area contributed by atoms with Gasteiger partial charge < -0.3 is 14.8 Å². The summed E-state index contributed by atoms with van der Waals surface area (Å²) in [5.74, 6) is 0.208. The van der Waals surface area contributed by atoms with Gasteiger partial charge in [0.15, 0.2) is 0 Å². The summed E-state index contributed by atoms with van der Waals surface area (Å²) in [5.41, 5.74) is 0.533. The monoisotopic (exact) mass is 519 g/mol. The molecule has 12 heteroatoms. The van der Waals surface area contributed by atoms with Crippen LogP contribution in [0.4, 0.5) is 16.2 Å². The van der Waals surface area contributed by atoms with E-state index in [1.54, 1.807) is 49.8 Å². The van der Waals surface area contributed by atoms with Crippen molar-refractivity contribution in [3.05, 3.63) is 30.1 Å². The van der Waals surface area contributed by atoms with E-state index in [4.69, 9.17) is 9.47 Å². The first-order chi connectivity index (χ1) is 16.9. The van der Waals surface area contributed by atoms with Crippen molar-refractivity contribution in [2.45, 2.75) is 76.5 Å². The van der Waals surface area contributed by atoms with E-state index in [0.717, 1.165) is 12.8 Å². The third kappa shape index (κ3) is 5.75. The van der Waals surface area contributed by atoms with Crippen LogP contribution in [0.3, 0.4) is 0 Å². The Kier molecular flexibility index (Phi) is 6.91. The Morgan fingerprint density at radius 1 is 1.25 bits per heavy atom. The number of nitrogens with one attached hydrogen (secondary N) is 2. The van der Waals surface area contributed by atoms with Crippen molar-refractivity contribution >= 4 is 33.4 Å². The second-order valence-electron chi connectivity index (χ2n) is 10.0. The number of ether oxygens (including phenoxy) is 2. The van der Waals surface area contributed by atoms with Crippen molar-refractivity contribution in [2.75, 3.05) is 22.7 Å². The van der Waals surface area contributed by atoms with E-state index in [-0.39, 0.29) is 35.5 Å². The zero-order valence-corrected chi connectivity index (χ0v) is 22.0. The molecule has 0 bridgehead atoms. The number of amides is 2. The number of carbonyl (C=O) groups is 2. The summed E-state index contributed by atoms with van der Waals surface area (Å²) >= 11 is 0. The van der Waals surface area contributed by atoms with Gasteiger partial charge in [-0.2, -0.15) is 5.10 Å². The van der Waals surface area contributed by atoms with Crippen LogP contribution >= 0.6 is 0 Å². The van der Waals surface area contributed by atoms with E-state index >= 15 is 0 Å². The molecule has 1 fully saturated rings. The summed E-state index contributed by atoms with van der Waals surface area (Å²) in [7, 11) is -4.03. The molecule has 0 saturated heterocycles. The minimum atomic E-state index is -4.03. The Bertz CT molecular complexity index is 1260. The van der Waals surface area contributed by atoms with Gasteiger partial charge in [0.1, 0.15) is 22.4 Å². The fourth-order valence-electron chi connectivity index (χ4n) is 3.94. The first-order valence-electron chi connectivity index (χ1n) is 12.0. The number of hydrogen-bond donors (Lipinski definition) is 2. The lowest BCUT2D eigenvalue weighted by molar-refractivity contribution is -0.119. The highest BCUT2D eigenvalue weighted by Crippen LogP contribution is 2.44. The highest BCUT2D eigenvalue weighted by atomic mass is 32.2. The molecule has 1 atom stereocenters. The Balaban J connectivity index is 1.72. The Hall–Kier alpha value is -3.28. The quantitative estimate of drug-likeness (QED) is 0.574. The number of hydrogen-bond acceptors (Lipinski definition) is 7. The number of anilines is 2. The van der Waals surface area contributed by atoms with Crippen LogP contribution in [0, 0.1) is 0 Å². The van der Waals surface area contributed by atoms with Crippen molar-refractivity contribution in [3.63, 3.8) is 0 Å². The molecule has 196 valence electrons. The van der Waals surface area contributed by atoms with Crippen molar-refractivity contribution < 1.29 is 27.5 Å². The fraction of sp³-hybridized carbons (Fsp3) is 0.542. The van der Waals surface area contributed by atoms with Crippen molar-refractivity contribution in [1.82, 2.24) is 15.1 Å². The number of aromatic nitrogens is 2. The molecule has 0 radical (unpaired) electrons. The van der Waals surface area contributed by atoms with Gasteiger partial charge in [-0.3, -0.25) is 19.1 Å². The Labute approximate surface area is 211 Å². The lowest BCUT2D eigenvalue weighted by Gasteiger charge is -2.35. The molecule has 2 aliphatic rings. The van der Waals surface area contributed by atoms with Crippen LogP contribution in [-0.2, 0) is 26.1 Å². The van der Waals surface area contributed by atoms with Crippen LogP contribution in [0.1, 0.15) is 59.1 Å². The molecule has 1 aromatic carbocycles. The van der Waals surface area contributed by atoms with E-state index < -0.39 is 27.8 Å². The van der Waals surface area contributed by atoms with E-state index in [2.05, 4.69) is 15.7 Å². The summed E-state index contributed by atoms with van der Waals surface area (Å²) < 4.78 is 42.4. The average molecular weight is 520 g/mol. The summed E-state index contributed by atoms with van der Waals surface area (Å²) in [5, 5.41) is 9.87. The smallest absolute Gasteiger partial charge is 0.412 e. The van der Waals surface area contributed by atoms with Gasteiger partial charge in [-0.25, -0.2) is 13.2 Å². The molecule has 2 amide bonds. The topological polar surface area (TPSA) is 132 Å². The second-order valence-corrected chi connectivity index (χ2v) is 11.9. The minimum absolute atomic E-state index is 0.0209. The largest absolute Gasteiger partial charge is 0.484 e. The summed E-state index contributed by atoms with van der Waals surface area (Å²) in [6.07, 6.45) is 2.11. The van der Waals surface area contributed by atoms with Crippen LogP contribution in [0.15, 0.2) is 29.3 Å². The summed E-state index contributed by atoms with van der Waals surface area (Å²) in [4.78, 5) is 24.0. The number of nitrogens with zero attached hydrogens (tertiary/aromatic N) is 3. The van der Waals surface area contributed by atoms with Gasteiger partial charge in [-0.1, -0.05) is 0 Å². The first-order valence-corrected chi connectivity index (χ1v) is 13.5. The predicted molar refractivity (Wildman–Crippen MR) is 134 cm³/mol. The van der Waals surface area contributed by atoms with Gasteiger partial charge in [0.25, 0.3) is 10.0 Å². The Morgan fingerprint density at radius 3 is 2.58 bits per heavy atom. The van der Waals surface area contributed by atoms with Crippen LogP contribution in [0.5, 0.6) is 5.75 Å². The first kappa shape index (κ1) is 25.8. The molecule has 2 aromatic rings. The van der Waals surface area contributed by atoms with Crippen LogP contribution in [0.2, 0.25) is 0 Å². The Morgan fingerprint density at radius 2 is 1.97 bits per heavy atom. The van der Waals surface area contributed by atoms with E-state index in [9.17, 15) is 18.0 Å². The van der Waals surface area contributed by atoms with E-state index in [1.165, 1.54) is 11.2 Å². The third-order valence-electron chi connectivity index (χ3n) is 5.73. The van der Waals surface area contributed by atoms with Crippen molar-refractivity contribution in [1.29, 1.82) is 0 Å². The summed E-state index contributed by atoms with van der Waals surface area (Å²) in [6, 6.07) is 4.76. The SMILES string of the molecule is CCn1cc(S(=O)(=O)N2C[C@H](CNC(C)=O)Oc3ccc(NC(=O)OC(C)(C)C)cc32)c(C2CC2)n1. The highest BCUT2D eigenvalue weighted by molar-refractivity contribution is 7.92. The molecule has 2 heterocycles. The van der Waals surface area contributed by atoms with E-state index in [1.807, 2.05) is 6.92 Å². The number of aryl methyl sites for hydroxylation is 1. The minimum Gasteiger partial charge on any atom is -0.484 e. The van der Waals surface area contributed by atoms with Gasteiger partial charge in [-0.05, 0) is 58.7 Å². The fourth-order valence-corrected chi connectivity index (χ4v) is 5.67. The normalized spacial score (nSPS) is 17.7. The number of sulfonamides is 1. The molecular weight excluding hydrogens is 486 g/mol. The lowest BCUT2D eigenvalue weighted by atomic mass is 10.2. The maximum absolute atomic E-state index is 14.1. The molecule has 1 aliphatic heterocycles. The second kappa shape index (κ2) is 9.64. The third-order valence-corrected chi connectivity index (χ3v) is 7.52. The number of benzene rings is 1. The molecular formula is C24H33N5O6S. The number of fused-ring (bicyclic) bond motifs is 1. The molecule has 36 heavy (non-hydrogen) atoms. The predicted octanol–water partition coefficient (Wildman–Crippen LogP) is 3.22.